The van der Waals surface area contributed by atoms with Gasteiger partial charge in [0.1, 0.15) is 6.04 Å². The minimum absolute atomic E-state index is 0.139. The molecule has 0 saturated carbocycles. The minimum atomic E-state index is -0.526. The zero-order valence-electron chi connectivity index (χ0n) is 9.12. The van der Waals surface area contributed by atoms with Crippen molar-refractivity contribution in [3.8, 4) is 0 Å². The largest absolute Gasteiger partial charge is 0.368 e. The lowest BCUT2D eigenvalue weighted by molar-refractivity contribution is -0.136. The quantitative estimate of drug-likeness (QED) is 0.589. The van der Waals surface area contributed by atoms with Crippen molar-refractivity contribution in [2.75, 3.05) is 19.6 Å². The zero-order chi connectivity index (χ0) is 11.4. The standard InChI is InChI=1S/C10H17N3O2/c1-7(2)5-9(14)13-4-3-12-6-8(13)10(11)15/h5,8,12H,3-4,6H2,1-2H3,(H2,11,15). The number of allylic oxidation sites excluding steroid dienone is 1. The molecule has 3 N–H and O–H groups in total. The summed E-state index contributed by atoms with van der Waals surface area (Å²) in [5.41, 5.74) is 6.15. The number of piperazine rings is 1. The minimum Gasteiger partial charge on any atom is -0.368 e. The van der Waals surface area contributed by atoms with E-state index in [-0.39, 0.29) is 5.91 Å². The molecule has 0 bridgehead atoms. The molecule has 1 aliphatic rings. The lowest BCUT2D eigenvalue weighted by atomic mass is 10.1. The molecule has 1 aliphatic heterocycles. The van der Waals surface area contributed by atoms with Gasteiger partial charge in [-0.1, -0.05) is 5.57 Å². The predicted molar refractivity (Wildman–Crippen MR) is 57.0 cm³/mol. The summed E-state index contributed by atoms with van der Waals surface area (Å²) < 4.78 is 0. The van der Waals surface area contributed by atoms with E-state index in [2.05, 4.69) is 5.32 Å². The van der Waals surface area contributed by atoms with Crippen LogP contribution in [-0.2, 0) is 9.59 Å². The Morgan fingerprint density at radius 3 is 2.67 bits per heavy atom. The topological polar surface area (TPSA) is 75.4 Å². The molecule has 0 aromatic heterocycles. The first-order valence-electron chi connectivity index (χ1n) is 4.98. The summed E-state index contributed by atoms with van der Waals surface area (Å²) >= 11 is 0. The van der Waals surface area contributed by atoms with E-state index in [0.29, 0.717) is 19.6 Å². The molecule has 84 valence electrons. The summed E-state index contributed by atoms with van der Waals surface area (Å²) in [5.74, 6) is -0.599. The number of nitrogens with two attached hydrogens (primary N) is 1. The highest BCUT2D eigenvalue weighted by Gasteiger charge is 2.29. The van der Waals surface area contributed by atoms with Crippen molar-refractivity contribution in [1.29, 1.82) is 0 Å². The number of hydrogen-bond donors (Lipinski definition) is 2. The molecule has 0 aliphatic carbocycles. The van der Waals surface area contributed by atoms with Crippen LogP contribution in [-0.4, -0.2) is 42.4 Å². The van der Waals surface area contributed by atoms with Gasteiger partial charge in [-0.15, -0.1) is 0 Å². The van der Waals surface area contributed by atoms with Crippen molar-refractivity contribution in [3.63, 3.8) is 0 Å². The van der Waals surface area contributed by atoms with E-state index in [0.717, 1.165) is 5.57 Å². The Morgan fingerprint density at radius 1 is 1.47 bits per heavy atom. The first-order valence-corrected chi connectivity index (χ1v) is 4.98. The Morgan fingerprint density at radius 2 is 2.13 bits per heavy atom. The van der Waals surface area contributed by atoms with Gasteiger partial charge in [-0.05, 0) is 13.8 Å². The summed E-state index contributed by atoms with van der Waals surface area (Å²) in [5, 5.41) is 3.04. The maximum Gasteiger partial charge on any atom is 0.247 e. The van der Waals surface area contributed by atoms with Crippen molar-refractivity contribution in [2.24, 2.45) is 5.73 Å². The summed E-state index contributed by atoms with van der Waals surface area (Å²) in [6.07, 6.45) is 1.53. The average molecular weight is 211 g/mol. The molecule has 0 aromatic carbocycles. The number of primary amides is 1. The van der Waals surface area contributed by atoms with E-state index >= 15 is 0 Å². The van der Waals surface area contributed by atoms with Crippen LogP contribution in [0.2, 0.25) is 0 Å². The fourth-order valence-corrected chi connectivity index (χ4v) is 1.55. The van der Waals surface area contributed by atoms with Crippen LogP contribution >= 0.6 is 0 Å². The molecule has 2 amide bonds. The zero-order valence-corrected chi connectivity index (χ0v) is 9.12. The SMILES string of the molecule is CC(C)=CC(=O)N1CCNCC1C(N)=O. The van der Waals surface area contributed by atoms with Gasteiger partial charge in [0.25, 0.3) is 0 Å². The van der Waals surface area contributed by atoms with Crippen LogP contribution in [0.25, 0.3) is 0 Å². The highest BCUT2D eigenvalue weighted by atomic mass is 16.2. The van der Waals surface area contributed by atoms with Gasteiger partial charge in [0, 0.05) is 25.7 Å². The molecule has 1 unspecified atom stereocenters. The van der Waals surface area contributed by atoms with E-state index < -0.39 is 11.9 Å². The number of rotatable bonds is 2. The van der Waals surface area contributed by atoms with Crippen molar-refractivity contribution in [1.82, 2.24) is 10.2 Å². The number of carbonyl (C=O) groups excluding carboxylic acids is 2. The second kappa shape index (κ2) is 4.93. The third-order valence-electron chi connectivity index (χ3n) is 2.27. The summed E-state index contributed by atoms with van der Waals surface area (Å²) in [6.45, 7) is 5.36. The Labute approximate surface area is 89.3 Å². The van der Waals surface area contributed by atoms with Gasteiger partial charge in [-0.2, -0.15) is 0 Å². The molecular weight excluding hydrogens is 194 g/mol. The highest BCUT2D eigenvalue weighted by molar-refractivity contribution is 5.93. The second-order valence-electron chi connectivity index (χ2n) is 3.88. The van der Waals surface area contributed by atoms with Gasteiger partial charge in [-0.3, -0.25) is 9.59 Å². The molecule has 1 atom stereocenters. The van der Waals surface area contributed by atoms with E-state index in [4.69, 9.17) is 5.73 Å². The molecule has 0 radical (unpaired) electrons. The van der Waals surface area contributed by atoms with Crippen LogP contribution in [0.3, 0.4) is 0 Å². The van der Waals surface area contributed by atoms with E-state index in [1.807, 2.05) is 13.8 Å². The van der Waals surface area contributed by atoms with Crippen LogP contribution in [0.1, 0.15) is 13.8 Å². The number of nitrogens with zero attached hydrogens (tertiary/aromatic N) is 1. The van der Waals surface area contributed by atoms with Crippen LogP contribution < -0.4 is 11.1 Å². The van der Waals surface area contributed by atoms with Crippen LogP contribution in [0.4, 0.5) is 0 Å². The van der Waals surface area contributed by atoms with Gasteiger partial charge in [0.05, 0.1) is 0 Å². The molecule has 5 heteroatoms. The van der Waals surface area contributed by atoms with Crippen LogP contribution in [0.5, 0.6) is 0 Å². The van der Waals surface area contributed by atoms with Crippen molar-refractivity contribution >= 4 is 11.8 Å². The number of amides is 2. The fraction of sp³-hybridized carbons (Fsp3) is 0.600. The third-order valence-corrected chi connectivity index (χ3v) is 2.27. The fourth-order valence-electron chi connectivity index (χ4n) is 1.55. The van der Waals surface area contributed by atoms with E-state index in [9.17, 15) is 9.59 Å². The summed E-state index contributed by atoms with van der Waals surface area (Å²) in [6, 6.07) is -0.526. The second-order valence-corrected chi connectivity index (χ2v) is 3.88. The molecule has 1 heterocycles. The Hall–Kier alpha value is -1.36. The predicted octanol–water partition coefficient (Wildman–Crippen LogP) is -0.762. The molecule has 0 aromatic rings. The molecule has 15 heavy (non-hydrogen) atoms. The first kappa shape index (κ1) is 11.7. The van der Waals surface area contributed by atoms with Gasteiger partial charge in [0.2, 0.25) is 11.8 Å². The number of hydrogen-bond acceptors (Lipinski definition) is 3. The number of nitrogens with one attached hydrogen (secondary N) is 1. The van der Waals surface area contributed by atoms with E-state index in [1.54, 1.807) is 0 Å². The maximum absolute atomic E-state index is 11.7. The van der Waals surface area contributed by atoms with Gasteiger partial charge in [-0.25, -0.2) is 0 Å². The molecule has 1 fully saturated rings. The van der Waals surface area contributed by atoms with Gasteiger partial charge < -0.3 is 16.0 Å². The summed E-state index contributed by atoms with van der Waals surface area (Å²) in [7, 11) is 0. The lowest BCUT2D eigenvalue weighted by Crippen LogP contribution is -2.58. The lowest BCUT2D eigenvalue weighted by Gasteiger charge is -2.33. The van der Waals surface area contributed by atoms with E-state index in [1.165, 1.54) is 11.0 Å². The summed E-state index contributed by atoms with van der Waals surface area (Å²) in [4.78, 5) is 24.4. The van der Waals surface area contributed by atoms with Gasteiger partial charge >= 0.3 is 0 Å². The third kappa shape index (κ3) is 3.06. The van der Waals surface area contributed by atoms with Gasteiger partial charge in [0.15, 0.2) is 0 Å². The van der Waals surface area contributed by atoms with Crippen LogP contribution in [0.15, 0.2) is 11.6 Å². The molecule has 0 spiro atoms. The Bertz CT molecular complexity index is 295. The first-order chi connectivity index (χ1) is 7.02. The van der Waals surface area contributed by atoms with Crippen molar-refractivity contribution in [2.45, 2.75) is 19.9 Å². The monoisotopic (exact) mass is 211 g/mol. The maximum atomic E-state index is 11.7. The Balaban J connectivity index is 2.76. The normalized spacial score (nSPS) is 20.9. The van der Waals surface area contributed by atoms with Crippen LogP contribution in [0, 0.1) is 0 Å². The molecular formula is C10H17N3O2. The smallest absolute Gasteiger partial charge is 0.247 e. The molecule has 1 rings (SSSR count). The number of carbonyl (C=O) groups is 2. The Kier molecular flexibility index (Phi) is 3.85. The molecule has 5 nitrogen and oxygen atoms in total. The van der Waals surface area contributed by atoms with Crippen molar-refractivity contribution in [3.05, 3.63) is 11.6 Å². The average Bonchev–Trinajstić information content (AvgIpc) is 2.16. The highest BCUT2D eigenvalue weighted by Crippen LogP contribution is 2.05. The molecule has 1 saturated heterocycles. The van der Waals surface area contributed by atoms with Crippen molar-refractivity contribution < 1.29 is 9.59 Å².